The number of aromatic nitrogens is 3. The van der Waals surface area contributed by atoms with Crippen molar-refractivity contribution in [2.75, 3.05) is 12.3 Å². The summed E-state index contributed by atoms with van der Waals surface area (Å²) in [7, 11) is 0. The summed E-state index contributed by atoms with van der Waals surface area (Å²) in [5.41, 5.74) is 0. The lowest BCUT2D eigenvalue weighted by atomic mass is 10.3. The van der Waals surface area contributed by atoms with Crippen LogP contribution in [0.4, 0.5) is 0 Å². The van der Waals surface area contributed by atoms with E-state index in [-0.39, 0.29) is 5.91 Å². The topological polar surface area (TPSA) is 70.7 Å². The summed E-state index contributed by atoms with van der Waals surface area (Å²) in [5, 5.41) is 9.47. The number of carbonyl (C=O) groups is 1. The summed E-state index contributed by atoms with van der Waals surface area (Å²) in [6, 6.07) is 7.92. The van der Waals surface area contributed by atoms with E-state index in [4.69, 9.17) is 0 Å². The van der Waals surface area contributed by atoms with Gasteiger partial charge in [-0.2, -0.15) is 5.10 Å². The first-order chi connectivity index (χ1) is 9.74. The number of nitrogens with one attached hydrogen (secondary N) is 2. The molecule has 0 aliphatic rings. The number of hydrogen-bond donors (Lipinski definition) is 2. The molecule has 0 radical (unpaired) electrons. The minimum atomic E-state index is 0.0514. The Morgan fingerprint density at radius 3 is 2.85 bits per heavy atom. The van der Waals surface area contributed by atoms with Gasteiger partial charge in [-0.05, 0) is 30.7 Å². The second-order valence-corrected chi connectivity index (χ2v) is 6.09. The number of amides is 1. The third-order valence-electron chi connectivity index (χ3n) is 2.56. The standard InChI is InChI=1S/C13H15BrN4OS/c14-10-3-5-11(6-4-10)20-8-13(19)15-7-1-2-12-16-9-17-18-12/h3-6,9H,1-2,7-8H2,(H,15,19)(H,16,17,18). The zero-order valence-electron chi connectivity index (χ0n) is 10.8. The lowest BCUT2D eigenvalue weighted by molar-refractivity contribution is -0.118. The van der Waals surface area contributed by atoms with E-state index in [2.05, 4.69) is 36.4 Å². The molecule has 0 aliphatic carbocycles. The second kappa shape index (κ2) is 8.06. The van der Waals surface area contributed by atoms with Gasteiger partial charge in [0.15, 0.2) is 0 Å². The Bertz CT molecular complexity index is 530. The Hall–Kier alpha value is -1.34. The van der Waals surface area contributed by atoms with Gasteiger partial charge in [0, 0.05) is 22.3 Å². The van der Waals surface area contributed by atoms with Crippen LogP contribution < -0.4 is 5.32 Å². The van der Waals surface area contributed by atoms with Gasteiger partial charge in [0.25, 0.3) is 0 Å². The molecule has 0 atom stereocenters. The van der Waals surface area contributed by atoms with Crippen LogP contribution in [0, 0.1) is 0 Å². The fourth-order valence-corrected chi connectivity index (χ4v) is 2.56. The smallest absolute Gasteiger partial charge is 0.230 e. The molecule has 5 nitrogen and oxygen atoms in total. The number of H-pyrrole nitrogens is 1. The minimum Gasteiger partial charge on any atom is -0.355 e. The first-order valence-electron chi connectivity index (χ1n) is 6.23. The molecule has 1 aromatic heterocycles. The summed E-state index contributed by atoms with van der Waals surface area (Å²) in [5.74, 6) is 1.34. The predicted molar refractivity (Wildman–Crippen MR) is 82.6 cm³/mol. The van der Waals surface area contributed by atoms with Crippen molar-refractivity contribution >= 4 is 33.6 Å². The highest BCUT2D eigenvalue weighted by Gasteiger charge is 2.03. The number of nitrogens with zero attached hydrogens (tertiary/aromatic N) is 2. The van der Waals surface area contributed by atoms with Crippen molar-refractivity contribution in [1.29, 1.82) is 0 Å². The maximum atomic E-state index is 11.7. The monoisotopic (exact) mass is 354 g/mol. The zero-order chi connectivity index (χ0) is 14.2. The van der Waals surface area contributed by atoms with E-state index in [0.29, 0.717) is 12.3 Å². The Morgan fingerprint density at radius 2 is 2.15 bits per heavy atom. The number of halogens is 1. The van der Waals surface area contributed by atoms with Crippen LogP contribution in [0.25, 0.3) is 0 Å². The molecule has 0 bridgehead atoms. The number of benzene rings is 1. The molecule has 2 rings (SSSR count). The fraction of sp³-hybridized carbons (Fsp3) is 0.308. The van der Waals surface area contributed by atoms with Gasteiger partial charge in [0.2, 0.25) is 5.91 Å². The predicted octanol–water partition coefficient (Wildman–Crippen LogP) is 2.41. The molecule has 2 N–H and O–H groups in total. The molecule has 20 heavy (non-hydrogen) atoms. The second-order valence-electron chi connectivity index (χ2n) is 4.13. The summed E-state index contributed by atoms with van der Waals surface area (Å²) in [6.07, 6.45) is 3.13. The van der Waals surface area contributed by atoms with Gasteiger partial charge in [-0.1, -0.05) is 15.9 Å². The number of rotatable bonds is 7. The summed E-state index contributed by atoms with van der Waals surface area (Å²) in [4.78, 5) is 16.8. The highest BCUT2D eigenvalue weighted by atomic mass is 79.9. The third kappa shape index (κ3) is 5.34. The average Bonchev–Trinajstić information content (AvgIpc) is 2.96. The van der Waals surface area contributed by atoms with Crippen LogP contribution in [0.3, 0.4) is 0 Å². The van der Waals surface area contributed by atoms with Crippen LogP contribution in [0.15, 0.2) is 40.0 Å². The van der Waals surface area contributed by atoms with E-state index in [9.17, 15) is 4.79 Å². The van der Waals surface area contributed by atoms with Crippen LogP contribution in [-0.2, 0) is 11.2 Å². The van der Waals surface area contributed by atoms with Gasteiger partial charge in [-0.15, -0.1) is 11.8 Å². The van der Waals surface area contributed by atoms with Gasteiger partial charge in [-0.3, -0.25) is 9.89 Å². The first kappa shape index (κ1) is 15.1. The summed E-state index contributed by atoms with van der Waals surface area (Å²) in [6.45, 7) is 0.653. The largest absolute Gasteiger partial charge is 0.355 e. The van der Waals surface area contributed by atoms with Crippen LogP contribution in [0.1, 0.15) is 12.2 Å². The zero-order valence-corrected chi connectivity index (χ0v) is 13.2. The quantitative estimate of drug-likeness (QED) is 0.591. The van der Waals surface area contributed by atoms with Gasteiger partial charge in [0.1, 0.15) is 12.2 Å². The Labute approximate surface area is 130 Å². The van der Waals surface area contributed by atoms with Gasteiger partial charge >= 0.3 is 0 Å². The molecule has 0 saturated carbocycles. The molecule has 0 spiro atoms. The molecule has 7 heteroatoms. The van der Waals surface area contributed by atoms with Crippen LogP contribution in [0.5, 0.6) is 0 Å². The normalized spacial score (nSPS) is 10.4. The maximum absolute atomic E-state index is 11.7. The van der Waals surface area contributed by atoms with Gasteiger partial charge in [-0.25, -0.2) is 4.98 Å². The maximum Gasteiger partial charge on any atom is 0.230 e. The van der Waals surface area contributed by atoms with Gasteiger partial charge in [0.05, 0.1) is 5.75 Å². The van der Waals surface area contributed by atoms with Crippen molar-refractivity contribution in [2.45, 2.75) is 17.7 Å². The van der Waals surface area contributed by atoms with Crippen LogP contribution in [0.2, 0.25) is 0 Å². The third-order valence-corrected chi connectivity index (χ3v) is 4.10. The minimum absolute atomic E-state index is 0.0514. The van der Waals surface area contributed by atoms with Crippen molar-refractivity contribution in [3.8, 4) is 0 Å². The molecule has 0 aliphatic heterocycles. The van der Waals surface area contributed by atoms with Crippen molar-refractivity contribution in [3.05, 3.63) is 40.9 Å². The van der Waals surface area contributed by atoms with E-state index in [1.165, 1.54) is 18.1 Å². The van der Waals surface area contributed by atoms with Gasteiger partial charge < -0.3 is 5.32 Å². The van der Waals surface area contributed by atoms with Crippen molar-refractivity contribution in [3.63, 3.8) is 0 Å². The Kier molecular flexibility index (Phi) is 6.07. The number of carbonyl (C=O) groups excluding carboxylic acids is 1. The summed E-state index contributed by atoms with van der Waals surface area (Å²) < 4.78 is 1.04. The molecule has 0 saturated heterocycles. The highest BCUT2D eigenvalue weighted by molar-refractivity contribution is 9.10. The van der Waals surface area contributed by atoms with Crippen molar-refractivity contribution in [2.24, 2.45) is 0 Å². The number of aromatic amines is 1. The molecule has 0 fully saturated rings. The van der Waals surface area contributed by atoms with Crippen LogP contribution >= 0.6 is 27.7 Å². The molecule has 2 aromatic rings. The van der Waals surface area contributed by atoms with Crippen LogP contribution in [-0.4, -0.2) is 33.4 Å². The first-order valence-corrected chi connectivity index (χ1v) is 8.01. The molecule has 0 unspecified atom stereocenters. The molecule has 1 heterocycles. The van der Waals surface area contributed by atoms with E-state index in [0.717, 1.165) is 28.0 Å². The number of aryl methyl sites for hydroxylation is 1. The Morgan fingerprint density at radius 1 is 1.35 bits per heavy atom. The summed E-state index contributed by atoms with van der Waals surface area (Å²) >= 11 is 4.91. The lowest BCUT2D eigenvalue weighted by Crippen LogP contribution is -2.26. The van der Waals surface area contributed by atoms with Crippen molar-refractivity contribution in [1.82, 2.24) is 20.5 Å². The van der Waals surface area contributed by atoms with E-state index in [1.54, 1.807) is 0 Å². The number of thioether (sulfide) groups is 1. The molecular formula is C13H15BrN4OS. The molecule has 1 aromatic carbocycles. The Balaban J connectivity index is 1.59. The molecule has 1 amide bonds. The van der Waals surface area contributed by atoms with E-state index < -0.39 is 0 Å². The highest BCUT2D eigenvalue weighted by Crippen LogP contribution is 2.20. The van der Waals surface area contributed by atoms with Crippen molar-refractivity contribution < 1.29 is 4.79 Å². The lowest BCUT2D eigenvalue weighted by Gasteiger charge is -2.04. The van der Waals surface area contributed by atoms with E-state index in [1.807, 2.05) is 24.3 Å². The average molecular weight is 355 g/mol. The SMILES string of the molecule is O=C(CSc1ccc(Br)cc1)NCCCc1ncn[nH]1. The number of hydrogen-bond acceptors (Lipinski definition) is 4. The molecule has 106 valence electrons. The molecular weight excluding hydrogens is 340 g/mol. The fourth-order valence-electron chi connectivity index (χ4n) is 1.57. The van der Waals surface area contributed by atoms with E-state index >= 15 is 0 Å².